The highest BCUT2D eigenvalue weighted by Crippen LogP contribution is 2.28. The Labute approximate surface area is 75.3 Å². The van der Waals surface area contributed by atoms with Crippen molar-refractivity contribution in [3.63, 3.8) is 0 Å². The second-order valence-corrected chi connectivity index (χ2v) is 3.19. The molecule has 0 aromatic carbocycles. The molecular weight excluding hydrogens is 152 g/mol. The molecule has 0 N–H and O–H groups in total. The summed E-state index contributed by atoms with van der Waals surface area (Å²) in [5.41, 5.74) is 0. The summed E-state index contributed by atoms with van der Waals surface area (Å²) in [7, 11) is 0. The van der Waals surface area contributed by atoms with Crippen LogP contribution in [0.15, 0.2) is 0 Å². The van der Waals surface area contributed by atoms with Crippen LogP contribution in [0, 0.1) is 5.92 Å². The number of hydrogen-bond donors (Lipinski definition) is 0. The van der Waals surface area contributed by atoms with E-state index < -0.39 is 0 Å². The Balaban J connectivity index is 0.000000354. The molecule has 0 unspecified atom stereocenters. The Morgan fingerprint density at radius 2 is 1.83 bits per heavy atom. The molecule has 0 aromatic rings. The molecule has 0 aliphatic heterocycles. The second-order valence-electron chi connectivity index (χ2n) is 3.19. The normalized spacial score (nSPS) is 14.6. The average Bonchev–Trinajstić information content (AvgIpc) is 2.85. The first kappa shape index (κ1) is 11.5. The molecule has 1 rings (SSSR count). The van der Waals surface area contributed by atoms with Crippen molar-refractivity contribution >= 4 is 5.97 Å². The third-order valence-electron chi connectivity index (χ3n) is 1.47. The lowest BCUT2D eigenvalue weighted by Gasteiger charge is -1.98. The minimum Gasteiger partial charge on any atom is -0.465 e. The van der Waals surface area contributed by atoms with Crippen LogP contribution < -0.4 is 0 Å². The van der Waals surface area contributed by atoms with Crippen molar-refractivity contribution in [3.05, 3.63) is 0 Å². The van der Waals surface area contributed by atoms with Crippen LogP contribution in [0.2, 0.25) is 0 Å². The van der Waals surface area contributed by atoms with Gasteiger partial charge in [-0.1, -0.05) is 27.2 Å². The van der Waals surface area contributed by atoms with Gasteiger partial charge in [-0.25, -0.2) is 0 Å². The van der Waals surface area contributed by atoms with Crippen molar-refractivity contribution in [2.24, 2.45) is 5.92 Å². The maximum Gasteiger partial charge on any atom is 0.305 e. The summed E-state index contributed by atoms with van der Waals surface area (Å²) < 4.78 is 4.88. The van der Waals surface area contributed by atoms with Crippen molar-refractivity contribution in [2.45, 2.75) is 46.5 Å². The SMILES string of the molecule is CCC.CCC(=O)OCC1CC1. The van der Waals surface area contributed by atoms with Crippen molar-refractivity contribution in [3.8, 4) is 0 Å². The van der Waals surface area contributed by atoms with E-state index in [0.29, 0.717) is 18.9 Å². The molecule has 1 saturated carbocycles. The summed E-state index contributed by atoms with van der Waals surface area (Å²) in [5, 5.41) is 0. The van der Waals surface area contributed by atoms with Crippen LogP contribution in [0.1, 0.15) is 46.5 Å². The Morgan fingerprint density at radius 1 is 1.33 bits per heavy atom. The van der Waals surface area contributed by atoms with Gasteiger partial charge in [0.1, 0.15) is 0 Å². The van der Waals surface area contributed by atoms with Crippen LogP contribution in [0.3, 0.4) is 0 Å². The standard InChI is InChI=1S/C7H12O2.C3H8/c1-2-7(8)9-5-6-3-4-6;1-3-2/h6H,2-5H2,1H3;3H2,1-2H3. The fraction of sp³-hybridized carbons (Fsp3) is 0.900. The molecule has 0 heterocycles. The third kappa shape index (κ3) is 7.58. The van der Waals surface area contributed by atoms with Crippen molar-refractivity contribution < 1.29 is 9.53 Å². The Morgan fingerprint density at radius 3 is 2.17 bits per heavy atom. The van der Waals surface area contributed by atoms with E-state index in [1.165, 1.54) is 19.3 Å². The van der Waals surface area contributed by atoms with Crippen molar-refractivity contribution in [2.75, 3.05) is 6.61 Å². The lowest BCUT2D eigenvalue weighted by molar-refractivity contribution is -0.143. The highest BCUT2D eigenvalue weighted by molar-refractivity contribution is 5.68. The summed E-state index contributed by atoms with van der Waals surface area (Å²) in [6.07, 6.45) is 4.25. The Bertz CT molecular complexity index is 117. The molecule has 0 atom stereocenters. The smallest absolute Gasteiger partial charge is 0.305 e. The molecule has 2 nitrogen and oxygen atoms in total. The summed E-state index contributed by atoms with van der Waals surface area (Å²) in [6.45, 7) is 6.72. The van der Waals surface area contributed by atoms with Gasteiger partial charge in [0, 0.05) is 6.42 Å². The van der Waals surface area contributed by atoms with E-state index in [0.717, 1.165) is 0 Å². The quantitative estimate of drug-likeness (QED) is 0.612. The van der Waals surface area contributed by atoms with E-state index in [1.807, 2.05) is 6.92 Å². The molecular formula is C10H20O2. The van der Waals surface area contributed by atoms with E-state index in [-0.39, 0.29) is 5.97 Å². The van der Waals surface area contributed by atoms with Crippen LogP contribution in [0.5, 0.6) is 0 Å². The molecule has 1 aliphatic rings. The lowest BCUT2D eigenvalue weighted by Crippen LogP contribution is -2.04. The third-order valence-corrected chi connectivity index (χ3v) is 1.47. The molecule has 72 valence electrons. The molecule has 0 radical (unpaired) electrons. The minimum atomic E-state index is -0.0677. The lowest BCUT2D eigenvalue weighted by atomic mass is 10.4. The largest absolute Gasteiger partial charge is 0.465 e. The summed E-state index contributed by atoms with van der Waals surface area (Å²) >= 11 is 0. The van der Waals surface area contributed by atoms with Gasteiger partial charge in [-0.05, 0) is 18.8 Å². The van der Waals surface area contributed by atoms with Gasteiger partial charge in [-0.3, -0.25) is 4.79 Å². The molecule has 1 aliphatic carbocycles. The van der Waals surface area contributed by atoms with Gasteiger partial charge in [0.2, 0.25) is 0 Å². The van der Waals surface area contributed by atoms with Crippen molar-refractivity contribution in [1.82, 2.24) is 0 Å². The van der Waals surface area contributed by atoms with Gasteiger partial charge in [-0.2, -0.15) is 0 Å². The zero-order valence-corrected chi connectivity index (χ0v) is 8.43. The van der Waals surface area contributed by atoms with Crippen LogP contribution >= 0.6 is 0 Å². The number of ether oxygens (including phenoxy) is 1. The first-order valence-electron chi connectivity index (χ1n) is 4.90. The van der Waals surface area contributed by atoms with Gasteiger partial charge in [-0.15, -0.1) is 0 Å². The zero-order chi connectivity index (χ0) is 9.40. The molecule has 0 spiro atoms. The Kier molecular flexibility index (Phi) is 6.82. The van der Waals surface area contributed by atoms with Crippen molar-refractivity contribution in [1.29, 1.82) is 0 Å². The first-order chi connectivity index (χ1) is 5.74. The van der Waals surface area contributed by atoms with Crippen LogP contribution in [0.25, 0.3) is 0 Å². The second kappa shape index (κ2) is 7.14. The van der Waals surface area contributed by atoms with Crippen LogP contribution in [-0.2, 0) is 9.53 Å². The molecule has 0 amide bonds. The molecule has 12 heavy (non-hydrogen) atoms. The fourth-order valence-electron chi connectivity index (χ4n) is 0.597. The molecule has 0 bridgehead atoms. The average molecular weight is 172 g/mol. The van der Waals surface area contributed by atoms with Gasteiger partial charge in [0.05, 0.1) is 6.61 Å². The predicted molar refractivity (Wildman–Crippen MR) is 49.9 cm³/mol. The highest BCUT2D eigenvalue weighted by atomic mass is 16.5. The summed E-state index contributed by atoms with van der Waals surface area (Å²) in [5.74, 6) is 0.627. The van der Waals surface area contributed by atoms with Crippen LogP contribution in [0.4, 0.5) is 0 Å². The number of esters is 1. The van der Waals surface area contributed by atoms with Crippen LogP contribution in [-0.4, -0.2) is 12.6 Å². The fourth-order valence-corrected chi connectivity index (χ4v) is 0.597. The number of carbonyl (C=O) groups excluding carboxylic acids is 1. The zero-order valence-electron chi connectivity index (χ0n) is 8.43. The van der Waals surface area contributed by atoms with E-state index in [9.17, 15) is 4.79 Å². The molecule has 0 aromatic heterocycles. The molecule has 2 heteroatoms. The first-order valence-corrected chi connectivity index (χ1v) is 4.90. The number of carbonyl (C=O) groups is 1. The molecule has 0 saturated heterocycles. The van der Waals surface area contributed by atoms with E-state index in [4.69, 9.17) is 4.74 Å². The van der Waals surface area contributed by atoms with Gasteiger partial charge in [0.15, 0.2) is 0 Å². The highest BCUT2D eigenvalue weighted by Gasteiger charge is 2.22. The Hall–Kier alpha value is -0.530. The van der Waals surface area contributed by atoms with E-state index in [1.54, 1.807) is 0 Å². The summed E-state index contributed by atoms with van der Waals surface area (Å²) in [4.78, 5) is 10.5. The minimum absolute atomic E-state index is 0.0677. The van der Waals surface area contributed by atoms with Gasteiger partial charge < -0.3 is 4.74 Å². The van der Waals surface area contributed by atoms with Gasteiger partial charge >= 0.3 is 5.97 Å². The predicted octanol–water partition coefficient (Wildman–Crippen LogP) is 2.77. The topological polar surface area (TPSA) is 26.3 Å². The monoisotopic (exact) mass is 172 g/mol. The maximum absolute atomic E-state index is 10.5. The molecule has 1 fully saturated rings. The van der Waals surface area contributed by atoms with E-state index in [2.05, 4.69) is 13.8 Å². The van der Waals surface area contributed by atoms with E-state index >= 15 is 0 Å². The van der Waals surface area contributed by atoms with Gasteiger partial charge in [0.25, 0.3) is 0 Å². The number of hydrogen-bond acceptors (Lipinski definition) is 2. The summed E-state index contributed by atoms with van der Waals surface area (Å²) in [6, 6.07) is 0. The number of rotatable bonds is 3. The maximum atomic E-state index is 10.5.